The second kappa shape index (κ2) is 7.59. The molecule has 0 aliphatic carbocycles. The van der Waals surface area contributed by atoms with Gasteiger partial charge in [-0.05, 0) is 24.5 Å². The van der Waals surface area contributed by atoms with Crippen LogP contribution in [0.25, 0.3) is 6.08 Å². The summed E-state index contributed by atoms with van der Waals surface area (Å²) in [6.45, 7) is 7.08. The third-order valence-electron chi connectivity index (χ3n) is 3.24. The Labute approximate surface area is 131 Å². The van der Waals surface area contributed by atoms with Gasteiger partial charge in [0.25, 0.3) is 0 Å². The number of carbonyl (C=O) groups excluding carboxylic acids is 1. The van der Waals surface area contributed by atoms with Crippen LogP contribution in [0.2, 0.25) is 0 Å². The lowest BCUT2D eigenvalue weighted by Gasteiger charge is -2.02. The Hall–Kier alpha value is -2.36. The molecule has 0 saturated carbocycles. The summed E-state index contributed by atoms with van der Waals surface area (Å²) in [5.74, 6) is -0.0353. The first kappa shape index (κ1) is 16.0. The molecule has 0 fully saturated rings. The minimum Gasteiger partial charge on any atom is -0.463 e. The molecule has 22 heavy (non-hydrogen) atoms. The van der Waals surface area contributed by atoms with Crippen molar-refractivity contribution in [3.8, 4) is 0 Å². The average Bonchev–Trinajstić information content (AvgIpc) is 2.90. The highest BCUT2D eigenvalue weighted by molar-refractivity contribution is 5.87. The zero-order valence-corrected chi connectivity index (χ0v) is 13.3. The number of rotatable bonds is 6. The summed E-state index contributed by atoms with van der Waals surface area (Å²) >= 11 is 0. The van der Waals surface area contributed by atoms with Crippen LogP contribution >= 0.6 is 0 Å². The van der Waals surface area contributed by atoms with Crippen molar-refractivity contribution < 1.29 is 9.53 Å². The van der Waals surface area contributed by atoms with Crippen LogP contribution in [-0.4, -0.2) is 22.4 Å². The third kappa shape index (κ3) is 4.32. The highest BCUT2D eigenvalue weighted by Crippen LogP contribution is 2.19. The lowest BCUT2D eigenvalue weighted by Crippen LogP contribution is -2.01. The van der Waals surface area contributed by atoms with Crippen molar-refractivity contribution in [2.75, 3.05) is 6.61 Å². The van der Waals surface area contributed by atoms with Crippen LogP contribution in [0.1, 0.15) is 43.5 Å². The molecule has 2 aromatic rings. The second-order valence-corrected chi connectivity index (χ2v) is 5.39. The van der Waals surface area contributed by atoms with Gasteiger partial charge in [-0.15, -0.1) is 0 Å². The van der Waals surface area contributed by atoms with Gasteiger partial charge >= 0.3 is 5.97 Å². The standard InChI is InChI=1S/C18H22N2O2/c1-4-22-17(21)11-10-16-13-20(19-18(16)14(2)3)12-15-8-6-5-7-9-15/h5-11,13-14H,4,12H2,1-3H3. The van der Waals surface area contributed by atoms with E-state index >= 15 is 0 Å². The van der Waals surface area contributed by atoms with Gasteiger partial charge in [0.1, 0.15) is 0 Å². The fourth-order valence-corrected chi connectivity index (χ4v) is 2.23. The highest BCUT2D eigenvalue weighted by atomic mass is 16.5. The van der Waals surface area contributed by atoms with Crippen molar-refractivity contribution in [3.05, 3.63) is 59.4 Å². The van der Waals surface area contributed by atoms with Crippen LogP contribution in [0.3, 0.4) is 0 Å². The minimum absolute atomic E-state index is 0.291. The Morgan fingerprint density at radius 2 is 2.05 bits per heavy atom. The molecule has 0 radical (unpaired) electrons. The summed E-state index contributed by atoms with van der Waals surface area (Å²) in [6.07, 6.45) is 5.21. The number of ether oxygens (including phenoxy) is 1. The van der Waals surface area contributed by atoms with E-state index < -0.39 is 0 Å². The van der Waals surface area contributed by atoms with Crippen LogP contribution in [-0.2, 0) is 16.1 Å². The quantitative estimate of drug-likeness (QED) is 0.604. The zero-order valence-electron chi connectivity index (χ0n) is 13.3. The number of hydrogen-bond acceptors (Lipinski definition) is 3. The SMILES string of the molecule is CCOC(=O)C=Cc1cn(Cc2ccccc2)nc1C(C)C. The first-order chi connectivity index (χ1) is 10.6. The van der Waals surface area contributed by atoms with E-state index in [1.165, 1.54) is 11.6 Å². The number of esters is 1. The molecular formula is C18H22N2O2. The topological polar surface area (TPSA) is 44.1 Å². The zero-order chi connectivity index (χ0) is 15.9. The molecule has 4 heteroatoms. The maximum Gasteiger partial charge on any atom is 0.330 e. The molecule has 0 bridgehead atoms. The van der Waals surface area contributed by atoms with Crippen LogP contribution in [0, 0.1) is 0 Å². The van der Waals surface area contributed by atoms with Crippen LogP contribution in [0.15, 0.2) is 42.6 Å². The van der Waals surface area contributed by atoms with E-state index in [1.54, 1.807) is 13.0 Å². The molecule has 0 N–H and O–H groups in total. The molecule has 0 saturated heterocycles. The van der Waals surface area contributed by atoms with Gasteiger partial charge < -0.3 is 4.74 Å². The lowest BCUT2D eigenvalue weighted by molar-refractivity contribution is -0.137. The van der Waals surface area contributed by atoms with Crippen LogP contribution in [0.4, 0.5) is 0 Å². The maximum atomic E-state index is 11.5. The Morgan fingerprint density at radius 3 is 2.68 bits per heavy atom. The van der Waals surface area contributed by atoms with Gasteiger partial charge in [-0.2, -0.15) is 5.10 Å². The normalized spacial score (nSPS) is 11.3. The number of hydrogen-bond donors (Lipinski definition) is 0. The number of carbonyl (C=O) groups is 1. The summed E-state index contributed by atoms with van der Waals surface area (Å²) in [5, 5.41) is 4.64. The fourth-order valence-electron chi connectivity index (χ4n) is 2.23. The van der Waals surface area contributed by atoms with Gasteiger partial charge in [0.05, 0.1) is 18.8 Å². The minimum atomic E-state index is -0.326. The largest absolute Gasteiger partial charge is 0.463 e. The Balaban J connectivity index is 2.20. The summed E-state index contributed by atoms with van der Waals surface area (Å²) < 4.78 is 6.83. The van der Waals surface area contributed by atoms with E-state index in [2.05, 4.69) is 31.1 Å². The predicted octanol–water partition coefficient (Wildman–Crippen LogP) is 3.63. The summed E-state index contributed by atoms with van der Waals surface area (Å²) in [6, 6.07) is 10.2. The number of benzene rings is 1. The molecule has 0 atom stereocenters. The van der Waals surface area contributed by atoms with Crippen molar-refractivity contribution in [1.29, 1.82) is 0 Å². The van der Waals surface area contributed by atoms with Crippen molar-refractivity contribution in [2.24, 2.45) is 0 Å². The molecule has 0 amide bonds. The molecular weight excluding hydrogens is 276 g/mol. The molecule has 1 heterocycles. The Kier molecular flexibility index (Phi) is 5.53. The smallest absolute Gasteiger partial charge is 0.330 e. The van der Waals surface area contributed by atoms with Gasteiger partial charge in [-0.25, -0.2) is 4.79 Å². The molecule has 116 valence electrons. The van der Waals surface area contributed by atoms with Crippen molar-refractivity contribution in [2.45, 2.75) is 33.2 Å². The van der Waals surface area contributed by atoms with E-state index in [0.29, 0.717) is 19.1 Å². The van der Waals surface area contributed by atoms with Crippen molar-refractivity contribution >= 4 is 12.0 Å². The van der Waals surface area contributed by atoms with Crippen LogP contribution in [0.5, 0.6) is 0 Å². The van der Waals surface area contributed by atoms with E-state index in [9.17, 15) is 4.79 Å². The van der Waals surface area contributed by atoms with Gasteiger partial charge in [-0.1, -0.05) is 44.2 Å². The summed E-state index contributed by atoms with van der Waals surface area (Å²) in [7, 11) is 0. The van der Waals surface area contributed by atoms with Gasteiger partial charge in [0.2, 0.25) is 0 Å². The van der Waals surface area contributed by atoms with E-state index in [-0.39, 0.29) is 5.97 Å². The molecule has 2 rings (SSSR count). The molecule has 4 nitrogen and oxygen atoms in total. The first-order valence-electron chi connectivity index (χ1n) is 7.56. The summed E-state index contributed by atoms with van der Waals surface area (Å²) in [5.41, 5.74) is 3.14. The lowest BCUT2D eigenvalue weighted by atomic mass is 10.1. The van der Waals surface area contributed by atoms with E-state index in [1.807, 2.05) is 29.1 Å². The highest BCUT2D eigenvalue weighted by Gasteiger charge is 2.11. The van der Waals surface area contributed by atoms with Crippen molar-refractivity contribution in [1.82, 2.24) is 9.78 Å². The van der Waals surface area contributed by atoms with Gasteiger partial charge in [0.15, 0.2) is 0 Å². The van der Waals surface area contributed by atoms with Crippen molar-refractivity contribution in [3.63, 3.8) is 0 Å². The first-order valence-corrected chi connectivity index (χ1v) is 7.56. The second-order valence-electron chi connectivity index (χ2n) is 5.39. The molecule has 1 aromatic carbocycles. The maximum absolute atomic E-state index is 11.5. The predicted molar refractivity (Wildman–Crippen MR) is 87.5 cm³/mol. The van der Waals surface area contributed by atoms with E-state index in [0.717, 1.165) is 11.3 Å². The fraction of sp³-hybridized carbons (Fsp3) is 0.333. The van der Waals surface area contributed by atoms with Gasteiger partial charge in [-0.3, -0.25) is 4.68 Å². The number of nitrogens with zero attached hydrogens (tertiary/aromatic N) is 2. The molecule has 0 aliphatic rings. The van der Waals surface area contributed by atoms with Gasteiger partial charge in [0, 0.05) is 17.8 Å². The van der Waals surface area contributed by atoms with Crippen LogP contribution < -0.4 is 0 Å². The Morgan fingerprint density at radius 1 is 1.32 bits per heavy atom. The third-order valence-corrected chi connectivity index (χ3v) is 3.24. The monoisotopic (exact) mass is 298 g/mol. The summed E-state index contributed by atoms with van der Waals surface area (Å²) in [4.78, 5) is 11.5. The molecule has 0 aliphatic heterocycles. The average molecular weight is 298 g/mol. The Bertz CT molecular complexity index is 642. The molecule has 0 spiro atoms. The van der Waals surface area contributed by atoms with E-state index in [4.69, 9.17) is 4.74 Å². The molecule has 0 unspecified atom stereocenters. The number of aromatic nitrogens is 2. The molecule has 1 aromatic heterocycles.